The second-order valence-corrected chi connectivity index (χ2v) is 4.65. The highest BCUT2D eigenvalue weighted by Gasteiger charge is 2.18. The molecule has 1 aromatic carbocycles. The molecule has 2 aromatic rings. The molecule has 0 spiro atoms. The Balaban J connectivity index is 2.53. The van der Waals surface area contributed by atoms with Crippen molar-refractivity contribution in [3.8, 4) is 11.4 Å². The van der Waals surface area contributed by atoms with Gasteiger partial charge in [-0.15, -0.1) is 5.10 Å². The molecule has 2 rings (SSSR count). The number of benzene rings is 1. The van der Waals surface area contributed by atoms with E-state index in [-0.39, 0.29) is 5.78 Å². The van der Waals surface area contributed by atoms with Gasteiger partial charge >= 0.3 is 0 Å². The first kappa shape index (κ1) is 14.5. The summed E-state index contributed by atoms with van der Waals surface area (Å²) in [5, 5.41) is 8.61. The van der Waals surface area contributed by atoms with Gasteiger partial charge in [0.05, 0.1) is 23.5 Å². The third kappa shape index (κ3) is 2.54. The van der Waals surface area contributed by atoms with Gasteiger partial charge in [-0.2, -0.15) is 0 Å². The smallest absolute Gasteiger partial charge is 0.184 e. The van der Waals surface area contributed by atoms with Crippen molar-refractivity contribution >= 4 is 17.4 Å². The standard InChI is InChI=1S/C14H16ClN3O2/c1-4-11-14(12(19)5-2)16-17-18(11)9-6-7-10(15)13(8-9)20-3/h6-8H,4-5H2,1-3H3. The molecule has 1 heterocycles. The quantitative estimate of drug-likeness (QED) is 0.795. The third-order valence-corrected chi connectivity index (χ3v) is 3.37. The summed E-state index contributed by atoms with van der Waals surface area (Å²) in [6, 6.07) is 5.33. The van der Waals surface area contributed by atoms with E-state index >= 15 is 0 Å². The van der Waals surface area contributed by atoms with Crippen molar-refractivity contribution in [3.63, 3.8) is 0 Å². The van der Waals surface area contributed by atoms with Gasteiger partial charge in [0.1, 0.15) is 5.75 Å². The second kappa shape index (κ2) is 6.05. The highest BCUT2D eigenvalue weighted by Crippen LogP contribution is 2.27. The molecular formula is C14H16ClN3O2. The number of Topliss-reactive ketones (excluding diaryl/α,β-unsaturated/α-hetero) is 1. The predicted octanol–water partition coefficient (Wildman–Crippen LogP) is 3.08. The number of halogens is 1. The lowest BCUT2D eigenvalue weighted by atomic mass is 10.1. The molecule has 20 heavy (non-hydrogen) atoms. The molecule has 0 saturated carbocycles. The van der Waals surface area contributed by atoms with Crippen LogP contribution in [0.3, 0.4) is 0 Å². The molecule has 0 radical (unpaired) electrons. The average molecular weight is 294 g/mol. The third-order valence-electron chi connectivity index (χ3n) is 3.06. The van der Waals surface area contributed by atoms with E-state index in [1.54, 1.807) is 23.9 Å². The van der Waals surface area contributed by atoms with Gasteiger partial charge in [0.25, 0.3) is 0 Å². The molecule has 0 aliphatic carbocycles. The van der Waals surface area contributed by atoms with Gasteiger partial charge in [-0.25, -0.2) is 4.68 Å². The van der Waals surface area contributed by atoms with Crippen LogP contribution in [0, 0.1) is 0 Å². The Hall–Kier alpha value is -1.88. The minimum atomic E-state index is -0.00553. The van der Waals surface area contributed by atoms with Gasteiger partial charge in [-0.05, 0) is 18.6 Å². The lowest BCUT2D eigenvalue weighted by Crippen LogP contribution is -2.06. The molecule has 106 valence electrons. The summed E-state index contributed by atoms with van der Waals surface area (Å²) in [5.41, 5.74) is 2.00. The van der Waals surface area contributed by atoms with Crippen LogP contribution in [-0.4, -0.2) is 27.9 Å². The largest absolute Gasteiger partial charge is 0.495 e. The van der Waals surface area contributed by atoms with Gasteiger partial charge in [0, 0.05) is 12.5 Å². The molecular weight excluding hydrogens is 278 g/mol. The number of hydrogen-bond acceptors (Lipinski definition) is 4. The maximum absolute atomic E-state index is 11.9. The Labute approximate surface area is 122 Å². The van der Waals surface area contributed by atoms with Crippen molar-refractivity contribution in [2.24, 2.45) is 0 Å². The van der Waals surface area contributed by atoms with Gasteiger partial charge < -0.3 is 4.74 Å². The predicted molar refractivity (Wildman–Crippen MR) is 76.9 cm³/mol. The number of carbonyl (C=O) groups excluding carboxylic acids is 1. The normalized spacial score (nSPS) is 10.6. The summed E-state index contributed by atoms with van der Waals surface area (Å²) >= 11 is 6.01. The number of nitrogens with zero attached hydrogens (tertiary/aromatic N) is 3. The van der Waals surface area contributed by atoms with Crippen LogP contribution in [0.1, 0.15) is 36.5 Å². The average Bonchev–Trinajstić information content (AvgIpc) is 2.90. The van der Waals surface area contributed by atoms with E-state index in [1.165, 1.54) is 0 Å². The minimum absolute atomic E-state index is 0.00553. The number of ketones is 1. The molecule has 0 atom stereocenters. The van der Waals surface area contributed by atoms with Crippen LogP contribution in [0.25, 0.3) is 5.69 Å². The highest BCUT2D eigenvalue weighted by atomic mass is 35.5. The van der Waals surface area contributed by atoms with E-state index in [0.29, 0.717) is 29.3 Å². The zero-order valence-corrected chi connectivity index (χ0v) is 12.4. The number of rotatable bonds is 5. The molecule has 0 N–H and O–H groups in total. The van der Waals surface area contributed by atoms with Crippen molar-refractivity contribution in [3.05, 3.63) is 34.6 Å². The fraction of sp³-hybridized carbons (Fsp3) is 0.357. The molecule has 0 fully saturated rings. The van der Waals surface area contributed by atoms with Crippen LogP contribution >= 0.6 is 11.6 Å². The van der Waals surface area contributed by atoms with Crippen LogP contribution in [0.15, 0.2) is 18.2 Å². The van der Waals surface area contributed by atoms with Crippen molar-refractivity contribution in [1.29, 1.82) is 0 Å². The van der Waals surface area contributed by atoms with Gasteiger partial charge in [-0.3, -0.25) is 4.79 Å². The minimum Gasteiger partial charge on any atom is -0.495 e. The first-order valence-electron chi connectivity index (χ1n) is 6.44. The molecule has 5 nitrogen and oxygen atoms in total. The van der Waals surface area contributed by atoms with Crippen LogP contribution in [0.5, 0.6) is 5.75 Å². The molecule has 0 unspecified atom stereocenters. The van der Waals surface area contributed by atoms with E-state index in [9.17, 15) is 4.79 Å². The van der Waals surface area contributed by atoms with E-state index < -0.39 is 0 Å². The first-order valence-corrected chi connectivity index (χ1v) is 6.81. The van der Waals surface area contributed by atoms with Crippen LogP contribution in [0.2, 0.25) is 5.02 Å². The Morgan fingerprint density at radius 3 is 2.75 bits per heavy atom. The molecule has 1 aromatic heterocycles. The number of methoxy groups -OCH3 is 1. The van der Waals surface area contributed by atoms with E-state index in [2.05, 4.69) is 10.3 Å². The zero-order valence-electron chi connectivity index (χ0n) is 11.7. The molecule has 6 heteroatoms. The highest BCUT2D eigenvalue weighted by molar-refractivity contribution is 6.32. The van der Waals surface area contributed by atoms with Gasteiger partial charge in [0.2, 0.25) is 0 Å². The van der Waals surface area contributed by atoms with E-state index in [4.69, 9.17) is 16.3 Å². The topological polar surface area (TPSA) is 57.0 Å². The maximum atomic E-state index is 11.9. The Morgan fingerprint density at radius 1 is 1.40 bits per heavy atom. The number of hydrogen-bond donors (Lipinski definition) is 0. The lowest BCUT2D eigenvalue weighted by molar-refractivity contribution is 0.0982. The van der Waals surface area contributed by atoms with Crippen LogP contribution < -0.4 is 4.74 Å². The first-order chi connectivity index (χ1) is 9.62. The summed E-state index contributed by atoms with van der Waals surface area (Å²) in [6.07, 6.45) is 1.08. The fourth-order valence-electron chi connectivity index (χ4n) is 1.99. The molecule has 0 amide bonds. The molecule has 0 aliphatic rings. The molecule has 0 aliphatic heterocycles. The summed E-state index contributed by atoms with van der Waals surface area (Å²) in [4.78, 5) is 11.9. The Bertz CT molecular complexity index is 637. The van der Waals surface area contributed by atoms with Gasteiger partial charge in [0.15, 0.2) is 11.5 Å². The zero-order chi connectivity index (χ0) is 14.7. The summed E-state index contributed by atoms with van der Waals surface area (Å²) < 4.78 is 6.85. The van der Waals surface area contributed by atoms with Crippen molar-refractivity contribution in [2.45, 2.75) is 26.7 Å². The van der Waals surface area contributed by atoms with Crippen LogP contribution in [0.4, 0.5) is 0 Å². The van der Waals surface area contributed by atoms with Gasteiger partial charge in [-0.1, -0.05) is 30.7 Å². The Kier molecular flexibility index (Phi) is 4.39. The summed E-state index contributed by atoms with van der Waals surface area (Å²) in [7, 11) is 1.55. The van der Waals surface area contributed by atoms with Crippen molar-refractivity contribution in [2.75, 3.05) is 7.11 Å². The fourth-order valence-corrected chi connectivity index (χ4v) is 2.19. The SMILES string of the molecule is CCC(=O)c1nnn(-c2ccc(Cl)c(OC)c2)c1CC. The second-order valence-electron chi connectivity index (χ2n) is 4.25. The summed E-state index contributed by atoms with van der Waals surface area (Å²) in [5.74, 6) is 0.555. The van der Waals surface area contributed by atoms with E-state index in [0.717, 1.165) is 11.4 Å². The Morgan fingerprint density at radius 2 is 2.15 bits per heavy atom. The number of ether oxygens (including phenoxy) is 1. The molecule has 0 bridgehead atoms. The molecule has 0 saturated heterocycles. The number of aromatic nitrogens is 3. The number of carbonyl (C=O) groups is 1. The maximum Gasteiger partial charge on any atom is 0.184 e. The summed E-state index contributed by atoms with van der Waals surface area (Å²) in [6.45, 7) is 3.78. The van der Waals surface area contributed by atoms with Crippen molar-refractivity contribution < 1.29 is 9.53 Å². The lowest BCUT2D eigenvalue weighted by Gasteiger charge is -2.08. The van der Waals surface area contributed by atoms with E-state index in [1.807, 2.05) is 19.9 Å². The van der Waals surface area contributed by atoms with Crippen molar-refractivity contribution in [1.82, 2.24) is 15.0 Å². The monoisotopic (exact) mass is 293 g/mol. The van der Waals surface area contributed by atoms with Crippen LogP contribution in [-0.2, 0) is 6.42 Å².